The van der Waals surface area contributed by atoms with Crippen molar-refractivity contribution in [3.05, 3.63) is 45.5 Å². The summed E-state index contributed by atoms with van der Waals surface area (Å²) in [5, 5.41) is 24.3. The maximum Gasteiger partial charge on any atom is 0.240 e. The van der Waals surface area contributed by atoms with Crippen molar-refractivity contribution in [3.8, 4) is 11.4 Å². The Morgan fingerprint density at radius 2 is 1.42 bits per heavy atom. The molecular weight excluding hydrogens is 252 g/mol. The summed E-state index contributed by atoms with van der Waals surface area (Å²) in [5.41, 5.74) is -0.396. The van der Waals surface area contributed by atoms with Gasteiger partial charge < -0.3 is 15.9 Å². The normalized spacial score (nSPS) is 13.1. The lowest BCUT2D eigenvalue weighted by molar-refractivity contribution is 0.281. The Balaban J connectivity index is 0.00000133. The van der Waals surface area contributed by atoms with E-state index in [1.165, 1.54) is 0 Å². The molecule has 1 aromatic carbocycles. The number of aromatic nitrogens is 2. The summed E-state index contributed by atoms with van der Waals surface area (Å²) in [6, 6.07) is 6.89. The van der Waals surface area contributed by atoms with Gasteiger partial charge in [0.05, 0.1) is 0 Å². The van der Waals surface area contributed by atoms with Crippen LogP contribution in [0.5, 0.6) is 0 Å². The standard InChI is InChI=1S/C11H6N4O3.H2O/c16-9-6-4-2-1-3-5(6)7-8(9)13-11(15-18)10(12-7)14-17;/h1-4,17-18H;1H2/b14-10-,15-11-;. The van der Waals surface area contributed by atoms with Crippen molar-refractivity contribution in [1.82, 2.24) is 9.97 Å². The molecule has 1 aromatic rings. The van der Waals surface area contributed by atoms with E-state index >= 15 is 0 Å². The number of benzene rings is 1. The fourth-order valence-electron chi connectivity index (χ4n) is 1.91. The van der Waals surface area contributed by atoms with Crippen LogP contribution < -0.4 is 16.4 Å². The molecule has 8 nitrogen and oxygen atoms in total. The summed E-state index contributed by atoms with van der Waals surface area (Å²) in [4.78, 5) is 19.9. The van der Waals surface area contributed by atoms with Gasteiger partial charge in [0.15, 0.2) is 0 Å². The van der Waals surface area contributed by atoms with Crippen molar-refractivity contribution < 1.29 is 15.9 Å². The maximum absolute atomic E-state index is 12.0. The summed E-state index contributed by atoms with van der Waals surface area (Å²) in [5.74, 6) is 0. The Morgan fingerprint density at radius 3 is 2.00 bits per heavy atom. The molecule has 0 radical (unpaired) electrons. The van der Waals surface area contributed by atoms with Crippen LogP contribution >= 0.6 is 0 Å². The van der Waals surface area contributed by atoms with E-state index in [0.29, 0.717) is 16.5 Å². The van der Waals surface area contributed by atoms with Gasteiger partial charge in [-0.15, -0.1) is 0 Å². The molecular formula is C11H8N4O4. The van der Waals surface area contributed by atoms with Gasteiger partial charge in [-0.25, -0.2) is 9.97 Å². The Labute approximate surface area is 105 Å². The zero-order valence-electron chi connectivity index (χ0n) is 9.40. The highest BCUT2D eigenvalue weighted by Gasteiger charge is 2.19. The first-order chi connectivity index (χ1) is 8.76. The van der Waals surface area contributed by atoms with E-state index in [4.69, 9.17) is 10.4 Å². The van der Waals surface area contributed by atoms with Gasteiger partial charge in [0.2, 0.25) is 16.4 Å². The van der Waals surface area contributed by atoms with Crippen LogP contribution in [-0.4, -0.2) is 25.9 Å². The minimum Gasteiger partial charge on any atom is -0.412 e. The first-order valence-electron chi connectivity index (χ1n) is 5.02. The molecule has 3 rings (SSSR count). The lowest BCUT2D eigenvalue weighted by atomic mass is 10.2. The van der Waals surface area contributed by atoms with E-state index < -0.39 is 0 Å². The number of fused-ring (bicyclic) bond motifs is 3. The molecule has 0 fully saturated rings. The SMILES string of the molecule is O.O=c1c2nc(=N\O)/c(=N/O)nc-2c2ccccc12. The van der Waals surface area contributed by atoms with E-state index in [9.17, 15) is 4.79 Å². The van der Waals surface area contributed by atoms with Crippen LogP contribution in [-0.2, 0) is 0 Å². The van der Waals surface area contributed by atoms with Gasteiger partial charge in [0, 0.05) is 10.8 Å². The zero-order valence-corrected chi connectivity index (χ0v) is 9.40. The Morgan fingerprint density at radius 1 is 0.895 bits per heavy atom. The molecule has 0 aromatic heterocycles. The van der Waals surface area contributed by atoms with E-state index in [2.05, 4.69) is 20.3 Å². The first-order valence-corrected chi connectivity index (χ1v) is 5.02. The molecule has 1 aliphatic carbocycles. The Hall–Kier alpha value is -2.87. The number of hydrogen-bond acceptors (Lipinski definition) is 7. The van der Waals surface area contributed by atoms with Gasteiger partial charge in [0.25, 0.3) is 0 Å². The summed E-state index contributed by atoms with van der Waals surface area (Å²) >= 11 is 0. The molecule has 4 N–H and O–H groups in total. The van der Waals surface area contributed by atoms with Crippen molar-refractivity contribution >= 4 is 10.8 Å². The van der Waals surface area contributed by atoms with E-state index in [1.54, 1.807) is 24.3 Å². The molecule has 0 bridgehead atoms. The second-order valence-corrected chi connectivity index (χ2v) is 3.64. The Kier molecular flexibility index (Phi) is 2.93. The lowest BCUT2D eigenvalue weighted by Gasteiger charge is -1.95. The van der Waals surface area contributed by atoms with Crippen molar-refractivity contribution in [1.29, 1.82) is 0 Å². The highest BCUT2D eigenvalue weighted by atomic mass is 16.4. The second-order valence-electron chi connectivity index (χ2n) is 3.64. The van der Waals surface area contributed by atoms with Crippen LogP contribution in [0.3, 0.4) is 0 Å². The minimum absolute atomic E-state index is 0. The van der Waals surface area contributed by atoms with Gasteiger partial charge >= 0.3 is 0 Å². The summed E-state index contributed by atoms with van der Waals surface area (Å²) in [6.07, 6.45) is 0. The molecule has 0 saturated carbocycles. The van der Waals surface area contributed by atoms with Gasteiger partial charge in [-0.1, -0.05) is 34.6 Å². The molecule has 8 heteroatoms. The van der Waals surface area contributed by atoms with Crippen molar-refractivity contribution in [2.75, 3.05) is 0 Å². The molecule has 1 aliphatic heterocycles. The van der Waals surface area contributed by atoms with Crippen molar-refractivity contribution in [3.63, 3.8) is 0 Å². The average Bonchev–Trinajstić information content (AvgIpc) is 2.71. The third kappa shape index (κ3) is 1.62. The van der Waals surface area contributed by atoms with E-state index in [0.717, 1.165) is 0 Å². The van der Waals surface area contributed by atoms with Gasteiger partial charge in [-0.2, -0.15) is 0 Å². The third-order valence-electron chi connectivity index (χ3n) is 2.69. The highest BCUT2D eigenvalue weighted by molar-refractivity contribution is 5.98. The maximum atomic E-state index is 12.0. The summed E-state index contributed by atoms with van der Waals surface area (Å²) < 4.78 is 0. The summed E-state index contributed by atoms with van der Waals surface area (Å²) in [6.45, 7) is 0. The van der Waals surface area contributed by atoms with Crippen molar-refractivity contribution in [2.45, 2.75) is 0 Å². The van der Waals surface area contributed by atoms with Gasteiger partial charge in [-0.05, 0) is 0 Å². The summed E-state index contributed by atoms with van der Waals surface area (Å²) in [7, 11) is 0. The smallest absolute Gasteiger partial charge is 0.240 e. The molecule has 0 amide bonds. The Bertz CT molecular complexity index is 880. The molecule has 96 valence electrons. The topological polar surface area (TPSA) is 140 Å². The van der Waals surface area contributed by atoms with Crippen molar-refractivity contribution in [2.24, 2.45) is 10.3 Å². The predicted octanol–water partition coefficient (Wildman–Crippen LogP) is -1.27. The van der Waals surface area contributed by atoms with E-state index in [1.807, 2.05) is 0 Å². The van der Waals surface area contributed by atoms with Crippen LogP contribution in [0.1, 0.15) is 0 Å². The second kappa shape index (κ2) is 4.42. The van der Waals surface area contributed by atoms with Crippen LogP contribution in [0, 0.1) is 0 Å². The predicted molar refractivity (Wildman–Crippen MR) is 63.1 cm³/mol. The largest absolute Gasteiger partial charge is 0.412 e. The lowest BCUT2D eigenvalue weighted by Crippen LogP contribution is -2.34. The minimum atomic E-state index is -0.294. The van der Waals surface area contributed by atoms with Crippen LogP contribution in [0.25, 0.3) is 22.2 Å². The van der Waals surface area contributed by atoms with Crippen LogP contribution in [0.15, 0.2) is 39.4 Å². The molecule has 1 heterocycles. The van der Waals surface area contributed by atoms with Crippen LogP contribution in [0.2, 0.25) is 0 Å². The molecule has 0 atom stereocenters. The van der Waals surface area contributed by atoms with Gasteiger partial charge in [0.1, 0.15) is 11.4 Å². The fourth-order valence-corrected chi connectivity index (χ4v) is 1.91. The average molecular weight is 260 g/mol. The highest BCUT2D eigenvalue weighted by Crippen LogP contribution is 2.23. The monoisotopic (exact) mass is 260 g/mol. The molecule has 2 aliphatic rings. The third-order valence-corrected chi connectivity index (χ3v) is 2.69. The number of hydrogen-bond donors (Lipinski definition) is 2. The number of rotatable bonds is 0. The molecule has 0 spiro atoms. The fraction of sp³-hybridized carbons (Fsp3) is 0. The zero-order chi connectivity index (χ0) is 12.7. The number of nitrogens with zero attached hydrogens (tertiary/aromatic N) is 4. The molecule has 0 unspecified atom stereocenters. The molecule has 19 heavy (non-hydrogen) atoms. The molecule has 0 saturated heterocycles. The van der Waals surface area contributed by atoms with Gasteiger partial charge in [-0.3, -0.25) is 4.79 Å². The van der Waals surface area contributed by atoms with Crippen LogP contribution in [0.4, 0.5) is 0 Å². The quantitative estimate of drug-likeness (QED) is 0.383. The first kappa shape index (κ1) is 12.6. The van der Waals surface area contributed by atoms with E-state index in [-0.39, 0.29) is 27.6 Å².